The summed E-state index contributed by atoms with van der Waals surface area (Å²) in [5.74, 6) is -0.512. The largest absolute Gasteiger partial charge is 0.325 e. The molecule has 132 valence electrons. The smallest absolute Gasteiger partial charge is 0.270 e. The van der Waals surface area contributed by atoms with E-state index in [1.807, 2.05) is 13.0 Å². The molecule has 2 aromatic carbocycles. The third-order valence-electron chi connectivity index (χ3n) is 3.40. The second kappa shape index (κ2) is 7.41. The zero-order chi connectivity index (χ0) is 18.6. The number of carbonyl (C=O) groups excluding carboxylic acids is 1. The van der Waals surface area contributed by atoms with Crippen LogP contribution in [-0.4, -0.2) is 37.1 Å². The van der Waals surface area contributed by atoms with E-state index in [0.717, 1.165) is 15.9 Å². The molecule has 0 atom stereocenters. The molecule has 0 spiro atoms. The molecule has 0 aliphatic heterocycles. The summed E-state index contributed by atoms with van der Waals surface area (Å²) in [6.07, 6.45) is 0. The Balaban J connectivity index is 2.13. The van der Waals surface area contributed by atoms with Crippen LogP contribution in [0.25, 0.3) is 0 Å². The Labute approximate surface area is 145 Å². The molecular formula is C16H17N3O5S. The summed E-state index contributed by atoms with van der Waals surface area (Å²) in [4.78, 5) is 21.9. The van der Waals surface area contributed by atoms with Crippen LogP contribution in [0.4, 0.5) is 11.4 Å². The maximum absolute atomic E-state index is 12.5. The predicted octanol–water partition coefficient (Wildman–Crippen LogP) is 2.16. The lowest BCUT2D eigenvalue weighted by atomic mass is 10.2. The Bertz CT molecular complexity index is 911. The van der Waals surface area contributed by atoms with Crippen LogP contribution < -0.4 is 5.32 Å². The van der Waals surface area contributed by atoms with Gasteiger partial charge in [-0.25, -0.2) is 8.42 Å². The van der Waals surface area contributed by atoms with Gasteiger partial charge >= 0.3 is 0 Å². The van der Waals surface area contributed by atoms with Crippen molar-refractivity contribution in [2.45, 2.75) is 11.8 Å². The number of nitro groups is 1. The SMILES string of the molecule is Cc1cccc(NC(=O)CN(C)S(=O)(=O)c2cccc([N+](=O)[O-])c2)c1. The molecule has 0 heterocycles. The monoisotopic (exact) mass is 363 g/mol. The van der Waals surface area contributed by atoms with E-state index in [9.17, 15) is 23.3 Å². The normalized spacial score (nSPS) is 11.3. The van der Waals surface area contributed by atoms with Gasteiger partial charge in [0.05, 0.1) is 16.4 Å². The van der Waals surface area contributed by atoms with Crippen molar-refractivity contribution in [2.75, 3.05) is 18.9 Å². The number of nitro benzene ring substituents is 1. The van der Waals surface area contributed by atoms with Crippen LogP contribution in [0.1, 0.15) is 5.56 Å². The molecule has 8 nitrogen and oxygen atoms in total. The number of nitrogens with zero attached hydrogens (tertiary/aromatic N) is 2. The third-order valence-corrected chi connectivity index (χ3v) is 5.20. The molecule has 0 saturated heterocycles. The predicted molar refractivity (Wildman–Crippen MR) is 92.7 cm³/mol. The lowest BCUT2D eigenvalue weighted by molar-refractivity contribution is -0.385. The highest BCUT2D eigenvalue weighted by atomic mass is 32.2. The molecule has 0 unspecified atom stereocenters. The highest BCUT2D eigenvalue weighted by Crippen LogP contribution is 2.20. The van der Waals surface area contributed by atoms with Gasteiger partial charge in [0.2, 0.25) is 15.9 Å². The fourth-order valence-electron chi connectivity index (χ4n) is 2.15. The summed E-state index contributed by atoms with van der Waals surface area (Å²) in [7, 11) is -2.78. The minimum absolute atomic E-state index is 0.243. The number of carbonyl (C=O) groups is 1. The van der Waals surface area contributed by atoms with Crippen molar-refractivity contribution in [2.24, 2.45) is 0 Å². The molecule has 2 rings (SSSR count). The zero-order valence-electron chi connectivity index (χ0n) is 13.7. The highest BCUT2D eigenvalue weighted by molar-refractivity contribution is 7.89. The van der Waals surface area contributed by atoms with Gasteiger partial charge in [0, 0.05) is 24.9 Å². The number of anilines is 1. The second-order valence-electron chi connectivity index (χ2n) is 5.43. The van der Waals surface area contributed by atoms with Crippen molar-refractivity contribution < 1.29 is 18.1 Å². The summed E-state index contributed by atoms with van der Waals surface area (Å²) in [5, 5.41) is 13.4. The number of non-ortho nitro benzene ring substituents is 1. The average molecular weight is 363 g/mol. The summed E-state index contributed by atoms with van der Waals surface area (Å²) in [6, 6.07) is 11.8. The molecule has 0 radical (unpaired) electrons. The third kappa shape index (κ3) is 4.61. The first-order valence-electron chi connectivity index (χ1n) is 7.27. The fraction of sp³-hybridized carbons (Fsp3) is 0.188. The number of hydrogen-bond acceptors (Lipinski definition) is 5. The van der Waals surface area contributed by atoms with E-state index >= 15 is 0 Å². The van der Waals surface area contributed by atoms with Crippen LogP contribution in [0.2, 0.25) is 0 Å². The van der Waals surface area contributed by atoms with E-state index in [2.05, 4.69) is 5.32 Å². The number of benzene rings is 2. The van der Waals surface area contributed by atoms with Gasteiger partial charge in [-0.3, -0.25) is 14.9 Å². The molecule has 0 bridgehead atoms. The molecule has 0 aliphatic rings. The number of aryl methyl sites for hydroxylation is 1. The number of likely N-dealkylation sites (N-methyl/N-ethyl adjacent to an activating group) is 1. The molecule has 1 amide bonds. The van der Waals surface area contributed by atoms with Crippen LogP contribution in [0, 0.1) is 17.0 Å². The van der Waals surface area contributed by atoms with Gasteiger partial charge in [0.25, 0.3) is 5.69 Å². The lowest BCUT2D eigenvalue weighted by Crippen LogP contribution is -2.35. The van der Waals surface area contributed by atoms with Crippen molar-refractivity contribution in [3.05, 3.63) is 64.2 Å². The summed E-state index contributed by atoms with van der Waals surface area (Å²) >= 11 is 0. The molecule has 1 N–H and O–H groups in total. The van der Waals surface area contributed by atoms with Gasteiger partial charge in [0.15, 0.2) is 0 Å². The minimum atomic E-state index is -4.02. The molecule has 0 aromatic heterocycles. The Morgan fingerprint density at radius 2 is 1.88 bits per heavy atom. The number of hydrogen-bond donors (Lipinski definition) is 1. The number of nitrogens with one attached hydrogen (secondary N) is 1. The number of amides is 1. The van der Waals surface area contributed by atoms with Gasteiger partial charge in [-0.2, -0.15) is 4.31 Å². The summed E-state index contributed by atoms with van der Waals surface area (Å²) in [6.45, 7) is 1.45. The van der Waals surface area contributed by atoms with Crippen LogP contribution in [0.5, 0.6) is 0 Å². The quantitative estimate of drug-likeness (QED) is 0.625. The fourth-order valence-corrected chi connectivity index (χ4v) is 3.32. The Kier molecular flexibility index (Phi) is 5.50. The Hall–Kier alpha value is -2.78. The van der Waals surface area contributed by atoms with Crippen molar-refractivity contribution in [1.29, 1.82) is 0 Å². The van der Waals surface area contributed by atoms with Crippen molar-refractivity contribution in [3.63, 3.8) is 0 Å². The molecule has 0 saturated carbocycles. The van der Waals surface area contributed by atoms with Crippen LogP contribution in [-0.2, 0) is 14.8 Å². The van der Waals surface area contributed by atoms with E-state index in [0.29, 0.717) is 5.69 Å². The Morgan fingerprint density at radius 1 is 1.20 bits per heavy atom. The number of rotatable bonds is 6. The van der Waals surface area contributed by atoms with Gasteiger partial charge in [-0.15, -0.1) is 0 Å². The first kappa shape index (κ1) is 18.6. The molecule has 9 heteroatoms. The first-order valence-corrected chi connectivity index (χ1v) is 8.71. The molecular weight excluding hydrogens is 346 g/mol. The highest BCUT2D eigenvalue weighted by Gasteiger charge is 2.24. The molecule has 25 heavy (non-hydrogen) atoms. The van der Waals surface area contributed by atoms with E-state index in [1.54, 1.807) is 18.2 Å². The topological polar surface area (TPSA) is 110 Å². The average Bonchev–Trinajstić information content (AvgIpc) is 2.54. The van der Waals surface area contributed by atoms with Gasteiger partial charge in [-0.1, -0.05) is 18.2 Å². The first-order chi connectivity index (χ1) is 11.7. The number of sulfonamides is 1. The maximum Gasteiger partial charge on any atom is 0.270 e. The van der Waals surface area contributed by atoms with Crippen LogP contribution >= 0.6 is 0 Å². The Morgan fingerprint density at radius 3 is 2.52 bits per heavy atom. The van der Waals surface area contributed by atoms with Crippen molar-refractivity contribution in [1.82, 2.24) is 4.31 Å². The van der Waals surface area contributed by atoms with Crippen molar-refractivity contribution >= 4 is 27.3 Å². The van der Waals surface area contributed by atoms with E-state index in [-0.39, 0.29) is 10.6 Å². The van der Waals surface area contributed by atoms with E-state index < -0.39 is 27.4 Å². The van der Waals surface area contributed by atoms with Crippen molar-refractivity contribution in [3.8, 4) is 0 Å². The van der Waals surface area contributed by atoms with Gasteiger partial charge in [-0.05, 0) is 30.7 Å². The summed E-state index contributed by atoms with van der Waals surface area (Å²) in [5.41, 5.74) is 1.18. The second-order valence-corrected chi connectivity index (χ2v) is 7.48. The maximum atomic E-state index is 12.5. The molecule has 0 aliphatic carbocycles. The molecule has 2 aromatic rings. The van der Waals surface area contributed by atoms with Gasteiger partial charge in [0.1, 0.15) is 0 Å². The van der Waals surface area contributed by atoms with E-state index in [1.165, 1.54) is 25.2 Å². The lowest BCUT2D eigenvalue weighted by Gasteiger charge is -2.17. The minimum Gasteiger partial charge on any atom is -0.325 e. The standard InChI is InChI=1S/C16H17N3O5S/c1-12-5-3-6-13(9-12)17-16(20)11-18(2)25(23,24)15-8-4-7-14(10-15)19(21)22/h3-10H,11H2,1-2H3,(H,17,20). The molecule has 0 fully saturated rings. The zero-order valence-corrected chi connectivity index (χ0v) is 14.5. The van der Waals surface area contributed by atoms with E-state index in [4.69, 9.17) is 0 Å². The van der Waals surface area contributed by atoms with Crippen LogP contribution in [0.3, 0.4) is 0 Å². The van der Waals surface area contributed by atoms with Gasteiger partial charge < -0.3 is 5.32 Å². The summed E-state index contributed by atoms with van der Waals surface area (Å²) < 4.78 is 25.8. The van der Waals surface area contributed by atoms with Crippen LogP contribution in [0.15, 0.2) is 53.4 Å².